The van der Waals surface area contributed by atoms with Crippen LogP contribution >= 0.6 is 27.5 Å². The van der Waals surface area contributed by atoms with Gasteiger partial charge in [-0.1, -0.05) is 22.9 Å². The van der Waals surface area contributed by atoms with Crippen LogP contribution in [0.3, 0.4) is 0 Å². The minimum absolute atomic E-state index is 0.00459. The molecule has 0 radical (unpaired) electrons. The molecule has 0 saturated heterocycles. The summed E-state index contributed by atoms with van der Waals surface area (Å²) < 4.78 is 6.68. The standard InChI is InChI=1S/C13H19BrClNO/c1-3-13(2,10-15)16-8-9-17-12-6-4-11(14)5-7-12/h4-7,16H,3,8-10H2,1-2H3. The molecule has 0 fully saturated rings. The lowest BCUT2D eigenvalue weighted by molar-refractivity contribution is 0.282. The number of nitrogens with one attached hydrogen (secondary N) is 1. The second-order valence-corrected chi connectivity index (χ2v) is 5.46. The van der Waals surface area contributed by atoms with E-state index in [1.807, 2.05) is 24.3 Å². The van der Waals surface area contributed by atoms with Gasteiger partial charge < -0.3 is 10.1 Å². The average Bonchev–Trinajstić information content (AvgIpc) is 2.36. The molecule has 4 heteroatoms. The third-order valence-electron chi connectivity index (χ3n) is 2.81. The summed E-state index contributed by atoms with van der Waals surface area (Å²) in [6.45, 7) is 5.70. The van der Waals surface area contributed by atoms with Crippen LogP contribution in [0, 0.1) is 0 Å². The van der Waals surface area contributed by atoms with Crippen molar-refractivity contribution in [2.24, 2.45) is 0 Å². The van der Waals surface area contributed by atoms with Crippen LogP contribution in [0.25, 0.3) is 0 Å². The fourth-order valence-corrected chi connectivity index (χ4v) is 1.87. The molecular formula is C13H19BrClNO. The Morgan fingerprint density at radius 1 is 1.35 bits per heavy atom. The highest BCUT2D eigenvalue weighted by Gasteiger charge is 2.18. The van der Waals surface area contributed by atoms with Crippen molar-refractivity contribution < 1.29 is 4.74 Å². The molecule has 17 heavy (non-hydrogen) atoms. The molecule has 0 bridgehead atoms. The van der Waals surface area contributed by atoms with Crippen LogP contribution in [0.15, 0.2) is 28.7 Å². The molecule has 1 atom stereocenters. The smallest absolute Gasteiger partial charge is 0.119 e. The van der Waals surface area contributed by atoms with Gasteiger partial charge in [-0.05, 0) is 37.6 Å². The fraction of sp³-hybridized carbons (Fsp3) is 0.538. The first-order chi connectivity index (χ1) is 8.09. The molecule has 0 aliphatic rings. The van der Waals surface area contributed by atoms with Crippen LogP contribution in [-0.2, 0) is 0 Å². The minimum atomic E-state index is 0.00459. The Balaban J connectivity index is 2.26. The van der Waals surface area contributed by atoms with E-state index in [4.69, 9.17) is 16.3 Å². The van der Waals surface area contributed by atoms with Crippen molar-refractivity contribution in [3.63, 3.8) is 0 Å². The number of hydrogen-bond donors (Lipinski definition) is 1. The van der Waals surface area contributed by atoms with E-state index in [0.29, 0.717) is 12.5 Å². The number of rotatable bonds is 7. The Hall–Kier alpha value is -0.250. The van der Waals surface area contributed by atoms with Crippen LogP contribution in [-0.4, -0.2) is 24.6 Å². The predicted octanol–water partition coefficient (Wildman–Crippen LogP) is 3.83. The summed E-state index contributed by atoms with van der Waals surface area (Å²) in [4.78, 5) is 0. The van der Waals surface area contributed by atoms with Gasteiger partial charge in [-0.15, -0.1) is 11.6 Å². The first kappa shape index (κ1) is 14.8. The quantitative estimate of drug-likeness (QED) is 0.609. The van der Waals surface area contributed by atoms with Gasteiger partial charge >= 0.3 is 0 Å². The number of hydrogen-bond acceptors (Lipinski definition) is 2. The van der Waals surface area contributed by atoms with E-state index >= 15 is 0 Å². The Morgan fingerprint density at radius 3 is 2.53 bits per heavy atom. The summed E-state index contributed by atoms with van der Waals surface area (Å²) in [5.41, 5.74) is 0.00459. The van der Waals surface area contributed by atoms with E-state index in [-0.39, 0.29) is 5.54 Å². The van der Waals surface area contributed by atoms with Gasteiger partial charge in [0.2, 0.25) is 0 Å². The van der Waals surface area contributed by atoms with Crippen molar-refractivity contribution in [2.75, 3.05) is 19.0 Å². The van der Waals surface area contributed by atoms with E-state index in [0.717, 1.165) is 23.2 Å². The van der Waals surface area contributed by atoms with Crippen molar-refractivity contribution in [1.82, 2.24) is 5.32 Å². The SMILES string of the molecule is CCC(C)(CCl)NCCOc1ccc(Br)cc1. The summed E-state index contributed by atoms with van der Waals surface area (Å²) in [6, 6.07) is 7.84. The largest absolute Gasteiger partial charge is 0.492 e. The normalized spacial score (nSPS) is 14.4. The first-order valence-electron chi connectivity index (χ1n) is 5.79. The molecule has 96 valence electrons. The highest BCUT2D eigenvalue weighted by atomic mass is 79.9. The van der Waals surface area contributed by atoms with Crippen molar-refractivity contribution >= 4 is 27.5 Å². The van der Waals surface area contributed by atoms with Gasteiger partial charge in [0.05, 0.1) is 0 Å². The zero-order chi connectivity index (χ0) is 12.7. The van der Waals surface area contributed by atoms with E-state index in [1.165, 1.54) is 0 Å². The zero-order valence-corrected chi connectivity index (χ0v) is 12.6. The molecule has 1 rings (SSSR count). The average molecular weight is 321 g/mol. The molecule has 0 amide bonds. The van der Waals surface area contributed by atoms with Crippen LogP contribution in [0.5, 0.6) is 5.75 Å². The van der Waals surface area contributed by atoms with Crippen LogP contribution in [0.1, 0.15) is 20.3 Å². The maximum Gasteiger partial charge on any atom is 0.119 e. The van der Waals surface area contributed by atoms with Gasteiger partial charge in [0.25, 0.3) is 0 Å². The Labute approximate surface area is 117 Å². The van der Waals surface area contributed by atoms with Crippen LogP contribution in [0.2, 0.25) is 0 Å². The number of ether oxygens (including phenoxy) is 1. The summed E-state index contributed by atoms with van der Waals surface area (Å²) in [6.07, 6.45) is 1.01. The molecule has 1 aromatic rings. The monoisotopic (exact) mass is 319 g/mol. The van der Waals surface area contributed by atoms with Gasteiger partial charge in [-0.3, -0.25) is 0 Å². The summed E-state index contributed by atoms with van der Waals surface area (Å²) in [5, 5.41) is 3.41. The predicted molar refractivity (Wildman–Crippen MR) is 77.1 cm³/mol. The molecular weight excluding hydrogens is 302 g/mol. The summed E-state index contributed by atoms with van der Waals surface area (Å²) >= 11 is 9.30. The second-order valence-electron chi connectivity index (χ2n) is 4.28. The Morgan fingerprint density at radius 2 is 2.00 bits per heavy atom. The van der Waals surface area contributed by atoms with Crippen molar-refractivity contribution in [3.05, 3.63) is 28.7 Å². The maximum atomic E-state index is 5.91. The summed E-state index contributed by atoms with van der Waals surface area (Å²) in [7, 11) is 0. The highest BCUT2D eigenvalue weighted by Crippen LogP contribution is 2.16. The van der Waals surface area contributed by atoms with Gasteiger partial charge in [-0.25, -0.2) is 0 Å². The van der Waals surface area contributed by atoms with Gasteiger partial charge in [0.15, 0.2) is 0 Å². The second kappa shape index (κ2) is 7.24. The fourth-order valence-electron chi connectivity index (χ4n) is 1.32. The molecule has 1 unspecified atom stereocenters. The van der Waals surface area contributed by atoms with Gasteiger partial charge in [-0.2, -0.15) is 0 Å². The first-order valence-corrected chi connectivity index (χ1v) is 7.12. The maximum absolute atomic E-state index is 5.91. The van der Waals surface area contributed by atoms with Crippen molar-refractivity contribution in [3.8, 4) is 5.75 Å². The van der Waals surface area contributed by atoms with Crippen molar-refractivity contribution in [1.29, 1.82) is 0 Å². The number of halogens is 2. The minimum Gasteiger partial charge on any atom is -0.492 e. The molecule has 1 N–H and O–H groups in total. The van der Waals surface area contributed by atoms with E-state index in [9.17, 15) is 0 Å². The third-order valence-corrected chi connectivity index (χ3v) is 3.93. The summed E-state index contributed by atoms with van der Waals surface area (Å²) in [5.74, 6) is 1.50. The van der Waals surface area contributed by atoms with Crippen molar-refractivity contribution in [2.45, 2.75) is 25.8 Å². The lowest BCUT2D eigenvalue weighted by atomic mass is 10.0. The molecule has 0 aliphatic heterocycles. The molecule has 0 spiro atoms. The number of benzene rings is 1. The molecule has 1 aromatic carbocycles. The highest BCUT2D eigenvalue weighted by molar-refractivity contribution is 9.10. The molecule has 0 heterocycles. The third kappa shape index (κ3) is 5.28. The Kier molecular flexibility index (Phi) is 6.31. The van der Waals surface area contributed by atoms with Gasteiger partial charge in [0, 0.05) is 22.4 Å². The van der Waals surface area contributed by atoms with Crippen LogP contribution < -0.4 is 10.1 Å². The molecule has 0 saturated carbocycles. The lowest BCUT2D eigenvalue weighted by Gasteiger charge is -2.27. The van der Waals surface area contributed by atoms with Gasteiger partial charge in [0.1, 0.15) is 12.4 Å². The van der Waals surface area contributed by atoms with Crippen LogP contribution in [0.4, 0.5) is 0 Å². The molecule has 0 aromatic heterocycles. The number of alkyl halides is 1. The zero-order valence-electron chi connectivity index (χ0n) is 10.3. The Bertz CT molecular complexity index is 325. The van der Waals surface area contributed by atoms with E-state index < -0.39 is 0 Å². The molecule has 0 aliphatic carbocycles. The van der Waals surface area contributed by atoms with E-state index in [2.05, 4.69) is 35.1 Å². The lowest BCUT2D eigenvalue weighted by Crippen LogP contribution is -2.45. The molecule has 2 nitrogen and oxygen atoms in total. The topological polar surface area (TPSA) is 21.3 Å². The van der Waals surface area contributed by atoms with E-state index in [1.54, 1.807) is 0 Å².